The van der Waals surface area contributed by atoms with Crippen molar-refractivity contribution in [3.8, 4) is 5.75 Å². The van der Waals surface area contributed by atoms with Crippen molar-refractivity contribution in [3.63, 3.8) is 0 Å². The van der Waals surface area contributed by atoms with Gasteiger partial charge in [0.1, 0.15) is 5.75 Å². The molecule has 2 rings (SSSR count). The Morgan fingerprint density at radius 2 is 2.22 bits per heavy atom. The maximum atomic E-state index is 11.1. The number of likely N-dealkylation sites (N-methyl/N-ethyl adjacent to an activating group) is 1. The Hall–Kier alpha value is -1.88. The first-order chi connectivity index (χ1) is 8.61. The first kappa shape index (κ1) is 12.6. The maximum Gasteiger partial charge on any atom is 0.280 e. The van der Waals surface area contributed by atoms with Crippen molar-refractivity contribution >= 4 is 11.3 Å². The SMILES string of the molecule is COc1ccc(C2=CCN(C)CC2)c([N+](=O)[O-])c1. The van der Waals surface area contributed by atoms with Crippen LogP contribution in [-0.4, -0.2) is 37.1 Å². The topological polar surface area (TPSA) is 55.6 Å². The molecule has 1 heterocycles. The van der Waals surface area contributed by atoms with Crippen molar-refractivity contribution in [2.24, 2.45) is 0 Å². The minimum atomic E-state index is -0.350. The molecule has 0 amide bonds. The van der Waals surface area contributed by atoms with Crippen LogP contribution in [0.15, 0.2) is 24.3 Å². The molecule has 0 atom stereocenters. The maximum absolute atomic E-state index is 11.1. The molecule has 0 fully saturated rings. The normalized spacial score (nSPS) is 16.2. The van der Waals surface area contributed by atoms with E-state index in [1.54, 1.807) is 12.1 Å². The molecule has 0 radical (unpaired) electrons. The van der Waals surface area contributed by atoms with Crippen molar-refractivity contribution in [3.05, 3.63) is 40.0 Å². The smallest absolute Gasteiger partial charge is 0.280 e. The van der Waals surface area contributed by atoms with Crippen LogP contribution in [0.5, 0.6) is 5.75 Å². The third-order valence-electron chi connectivity index (χ3n) is 3.16. The average Bonchev–Trinajstić information content (AvgIpc) is 2.39. The van der Waals surface area contributed by atoms with Crippen LogP contribution < -0.4 is 4.74 Å². The summed E-state index contributed by atoms with van der Waals surface area (Å²) >= 11 is 0. The molecule has 0 aromatic heterocycles. The van der Waals surface area contributed by atoms with E-state index in [1.807, 2.05) is 7.05 Å². The second kappa shape index (κ2) is 5.18. The van der Waals surface area contributed by atoms with E-state index in [4.69, 9.17) is 4.74 Å². The van der Waals surface area contributed by atoms with Crippen molar-refractivity contribution < 1.29 is 9.66 Å². The molecule has 5 nitrogen and oxygen atoms in total. The Bertz CT molecular complexity index is 497. The summed E-state index contributed by atoms with van der Waals surface area (Å²) in [5, 5.41) is 11.1. The van der Waals surface area contributed by atoms with E-state index in [1.165, 1.54) is 13.2 Å². The summed E-state index contributed by atoms with van der Waals surface area (Å²) in [5.74, 6) is 0.513. The number of hydrogen-bond donors (Lipinski definition) is 0. The molecular weight excluding hydrogens is 232 g/mol. The van der Waals surface area contributed by atoms with Crippen LogP contribution in [0.4, 0.5) is 5.69 Å². The predicted octanol–water partition coefficient (Wildman–Crippen LogP) is 2.32. The molecular formula is C13H16N2O3. The Labute approximate surface area is 106 Å². The zero-order chi connectivity index (χ0) is 13.1. The van der Waals surface area contributed by atoms with Crippen LogP contribution in [0.2, 0.25) is 0 Å². The third-order valence-corrected chi connectivity index (χ3v) is 3.16. The molecule has 18 heavy (non-hydrogen) atoms. The highest BCUT2D eigenvalue weighted by Gasteiger charge is 2.20. The molecule has 1 aromatic carbocycles. The van der Waals surface area contributed by atoms with E-state index >= 15 is 0 Å². The first-order valence-electron chi connectivity index (χ1n) is 5.82. The molecule has 0 saturated heterocycles. The minimum Gasteiger partial charge on any atom is -0.497 e. The average molecular weight is 248 g/mol. The van der Waals surface area contributed by atoms with E-state index in [-0.39, 0.29) is 10.6 Å². The van der Waals surface area contributed by atoms with Crippen molar-refractivity contribution in [2.45, 2.75) is 6.42 Å². The van der Waals surface area contributed by atoms with Gasteiger partial charge in [0.2, 0.25) is 0 Å². The zero-order valence-corrected chi connectivity index (χ0v) is 10.5. The molecule has 0 aliphatic carbocycles. The van der Waals surface area contributed by atoms with E-state index < -0.39 is 0 Å². The van der Waals surface area contributed by atoms with Gasteiger partial charge in [0, 0.05) is 13.1 Å². The largest absolute Gasteiger partial charge is 0.497 e. The standard InChI is InChI=1S/C13H16N2O3/c1-14-7-5-10(6-8-14)12-4-3-11(18-2)9-13(12)15(16)17/h3-5,9H,6-8H2,1-2H3. The van der Waals surface area contributed by atoms with Crippen LogP contribution in [0.1, 0.15) is 12.0 Å². The lowest BCUT2D eigenvalue weighted by Crippen LogP contribution is -2.23. The fourth-order valence-electron chi connectivity index (χ4n) is 2.08. The first-order valence-corrected chi connectivity index (χ1v) is 5.82. The van der Waals surface area contributed by atoms with Crippen molar-refractivity contribution in [1.82, 2.24) is 4.90 Å². The Morgan fingerprint density at radius 3 is 2.78 bits per heavy atom. The van der Waals surface area contributed by atoms with Crippen molar-refractivity contribution in [2.75, 3.05) is 27.2 Å². The summed E-state index contributed by atoms with van der Waals surface area (Å²) in [6, 6.07) is 5.02. The van der Waals surface area contributed by atoms with Gasteiger partial charge in [-0.05, 0) is 31.2 Å². The molecule has 1 aliphatic rings. The van der Waals surface area contributed by atoms with Crippen LogP contribution in [0, 0.1) is 10.1 Å². The van der Waals surface area contributed by atoms with Crippen LogP contribution in [-0.2, 0) is 0 Å². The molecule has 0 spiro atoms. The number of ether oxygens (including phenoxy) is 1. The van der Waals surface area contributed by atoms with Gasteiger partial charge in [0.15, 0.2) is 0 Å². The van der Waals surface area contributed by atoms with Crippen LogP contribution >= 0.6 is 0 Å². The van der Waals surface area contributed by atoms with Crippen LogP contribution in [0.3, 0.4) is 0 Å². The predicted molar refractivity (Wildman–Crippen MR) is 69.7 cm³/mol. The highest BCUT2D eigenvalue weighted by Crippen LogP contribution is 2.32. The number of nitro groups is 1. The fraction of sp³-hybridized carbons (Fsp3) is 0.385. The number of nitro benzene ring substituents is 1. The number of nitrogens with zero attached hydrogens (tertiary/aromatic N) is 2. The Balaban J connectivity index is 2.41. The van der Waals surface area contributed by atoms with Gasteiger partial charge in [-0.15, -0.1) is 0 Å². The second-order valence-corrected chi connectivity index (χ2v) is 4.38. The zero-order valence-electron chi connectivity index (χ0n) is 10.5. The van der Waals surface area contributed by atoms with Gasteiger partial charge in [-0.1, -0.05) is 6.08 Å². The van der Waals surface area contributed by atoms with Gasteiger partial charge in [-0.25, -0.2) is 0 Å². The number of rotatable bonds is 3. The van der Waals surface area contributed by atoms with Gasteiger partial charge in [0.25, 0.3) is 5.69 Å². The minimum absolute atomic E-state index is 0.116. The van der Waals surface area contributed by atoms with Gasteiger partial charge < -0.3 is 9.64 Å². The van der Waals surface area contributed by atoms with Gasteiger partial charge in [0.05, 0.1) is 23.7 Å². The lowest BCUT2D eigenvalue weighted by Gasteiger charge is -2.22. The highest BCUT2D eigenvalue weighted by molar-refractivity contribution is 5.74. The van der Waals surface area contributed by atoms with Gasteiger partial charge in [-0.2, -0.15) is 0 Å². The molecule has 5 heteroatoms. The molecule has 0 N–H and O–H groups in total. The van der Waals surface area contributed by atoms with E-state index in [2.05, 4.69) is 11.0 Å². The van der Waals surface area contributed by atoms with E-state index in [0.717, 1.165) is 25.1 Å². The summed E-state index contributed by atoms with van der Waals surface area (Å²) in [7, 11) is 3.54. The van der Waals surface area contributed by atoms with E-state index in [9.17, 15) is 10.1 Å². The Kier molecular flexibility index (Phi) is 3.62. The van der Waals surface area contributed by atoms with Crippen LogP contribution in [0.25, 0.3) is 5.57 Å². The molecule has 0 unspecified atom stereocenters. The summed E-state index contributed by atoms with van der Waals surface area (Å²) in [6.45, 7) is 1.76. The monoisotopic (exact) mass is 248 g/mol. The molecule has 1 aromatic rings. The summed E-state index contributed by atoms with van der Waals surface area (Å²) in [4.78, 5) is 12.9. The molecule has 96 valence electrons. The summed E-state index contributed by atoms with van der Waals surface area (Å²) in [6.07, 6.45) is 2.89. The third kappa shape index (κ3) is 2.51. The number of methoxy groups -OCH3 is 1. The van der Waals surface area contributed by atoms with Crippen molar-refractivity contribution in [1.29, 1.82) is 0 Å². The second-order valence-electron chi connectivity index (χ2n) is 4.38. The number of hydrogen-bond acceptors (Lipinski definition) is 4. The lowest BCUT2D eigenvalue weighted by molar-refractivity contribution is -0.385. The lowest BCUT2D eigenvalue weighted by atomic mass is 9.98. The summed E-state index contributed by atoms with van der Waals surface area (Å²) in [5.41, 5.74) is 1.86. The molecule has 1 aliphatic heterocycles. The quantitative estimate of drug-likeness (QED) is 0.608. The fourth-order valence-corrected chi connectivity index (χ4v) is 2.08. The summed E-state index contributed by atoms with van der Waals surface area (Å²) < 4.78 is 5.03. The van der Waals surface area contributed by atoms with Gasteiger partial charge in [-0.3, -0.25) is 10.1 Å². The van der Waals surface area contributed by atoms with E-state index in [0.29, 0.717) is 11.3 Å². The highest BCUT2D eigenvalue weighted by atomic mass is 16.6. The molecule has 0 saturated carbocycles. The number of benzene rings is 1. The van der Waals surface area contributed by atoms with Gasteiger partial charge >= 0.3 is 0 Å². The Morgan fingerprint density at radius 1 is 1.44 bits per heavy atom. The molecule has 0 bridgehead atoms.